The molecule has 2 aromatic heterocycles. The van der Waals surface area contributed by atoms with Crippen LogP contribution in [-0.2, 0) is 4.79 Å². The van der Waals surface area contributed by atoms with E-state index in [0.29, 0.717) is 45.3 Å². The molecular weight excluding hydrogens is 470 g/mol. The first-order valence-corrected chi connectivity index (χ1v) is 12.2. The fraction of sp³-hybridized carbons (Fsp3) is 0.125. The molecular formula is C24H19N5O3S2. The van der Waals surface area contributed by atoms with Crippen LogP contribution in [0.15, 0.2) is 76.7 Å². The Morgan fingerprint density at radius 1 is 1.03 bits per heavy atom. The lowest BCUT2D eigenvalue weighted by molar-refractivity contribution is -0.113. The van der Waals surface area contributed by atoms with Crippen molar-refractivity contribution < 1.29 is 9.53 Å². The molecule has 8 nitrogen and oxygen atoms in total. The van der Waals surface area contributed by atoms with Gasteiger partial charge in [-0.2, -0.15) is 8.75 Å². The standard InChI is InChI=1S/C24H19N5O3S2/c1-2-32-16-12-10-15(11-13-16)29-23(31)17-6-3-4-7-18(17)26-24(29)33-14-21(30)25-19-8-5-9-20-22(19)28-34-27-20/h3-13H,2,14H2,1H3,(H,25,30). The van der Waals surface area contributed by atoms with Gasteiger partial charge in [0.2, 0.25) is 5.91 Å². The molecule has 1 amide bonds. The van der Waals surface area contributed by atoms with Gasteiger partial charge >= 0.3 is 0 Å². The molecule has 2 heterocycles. The maximum Gasteiger partial charge on any atom is 0.266 e. The highest BCUT2D eigenvalue weighted by Crippen LogP contribution is 2.25. The summed E-state index contributed by atoms with van der Waals surface area (Å²) in [6, 6.07) is 19.9. The Bertz CT molecular complexity index is 1550. The fourth-order valence-corrected chi connectivity index (χ4v) is 4.88. The minimum Gasteiger partial charge on any atom is -0.494 e. The number of rotatable bonds is 7. The number of anilines is 1. The number of fused-ring (bicyclic) bond motifs is 2. The quantitative estimate of drug-likeness (QED) is 0.265. The Morgan fingerprint density at radius 3 is 2.65 bits per heavy atom. The second-order valence-corrected chi connectivity index (χ2v) is 8.72. The fourth-order valence-electron chi connectivity index (χ4n) is 3.52. The van der Waals surface area contributed by atoms with Gasteiger partial charge in [0.1, 0.15) is 16.8 Å². The minimum absolute atomic E-state index is 0.0652. The molecule has 0 saturated carbocycles. The smallest absolute Gasteiger partial charge is 0.266 e. The monoisotopic (exact) mass is 489 g/mol. The van der Waals surface area contributed by atoms with E-state index < -0.39 is 0 Å². The predicted octanol–water partition coefficient (Wildman–Crippen LogP) is 4.52. The predicted molar refractivity (Wildman–Crippen MR) is 135 cm³/mol. The van der Waals surface area contributed by atoms with Gasteiger partial charge in [0.15, 0.2) is 5.16 Å². The lowest BCUT2D eigenvalue weighted by atomic mass is 10.2. The Hall–Kier alpha value is -3.76. The van der Waals surface area contributed by atoms with Crippen molar-refractivity contribution >= 4 is 57.0 Å². The summed E-state index contributed by atoms with van der Waals surface area (Å²) in [6.07, 6.45) is 0. The Morgan fingerprint density at radius 2 is 1.82 bits per heavy atom. The van der Waals surface area contributed by atoms with E-state index in [1.807, 2.05) is 55.5 Å². The lowest BCUT2D eigenvalue weighted by Crippen LogP contribution is -2.23. The van der Waals surface area contributed by atoms with E-state index in [4.69, 9.17) is 4.74 Å². The highest BCUT2D eigenvalue weighted by atomic mass is 32.2. The number of aromatic nitrogens is 4. The van der Waals surface area contributed by atoms with E-state index in [1.165, 1.54) is 16.3 Å². The van der Waals surface area contributed by atoms with E-state index in [-0.39, 0.29) is 17.2 Å². The third-order valence-corrected chi connectivity index (χ3v) is 6.52. The number of thioether (sulfide) groups is 1. The number of para-hydroxylation sites is 1. The average molecular weight is 490 g/mol. The second kappa shape index (κ2) is 9.62. The number of carbonyl (C=O) groups excluding carboxylic acids is 1. The van der Waals surface area contributed by atoms with Crippen LogP contribution < -0.4 is 15.6 Å². The molecule has 0 radical (unpaired) electrons. The number of hydrogen-bond acceptors (Lipinski definition) is 8. The summed E-state index contributed by atoms with van der Waals surface area (Å²) in [5.74, 6) is 0.550. The third kappa shape index (κ3) is 4.37. The van der Waals surface area contributed by atoms with Crippen LogP contribution in [0.1, 0.15) is 6.92 Å². The second-order valence-electron chi connectivity index (χ2n) is 7.25. The van der Waals surface area contributed by atoms with Crippen molar-refractivity contribution in [3.63, 3.8) is 0 Å². The molecule has 0 bridgehead atoms. The number of nitrogens with one attached hydrogen (secondary N) is 1. The average Bonchev–Trinajstić information content (AvgIpc) is 3.34. The van der Waals surface area contributed by atoms with E-state index in [1.54, 1.807) is 18.2 Å². The highest BCUT2D eigenvalue weighted by molar-refractivity contribution is 7.99. The van der Waals surface area contributed by atoms with Gasteiger partial charge in [0, 0.05) is 0 Å². The summed E-state index contributed by atoms with van der Waals surface area (Å²) in [5, 5.41) is 3.82. The molecule has 0 aliphatic heterocycles. The van der Waals surface area contributed by atoms with Gasteiger partial charge in [-0.15, -0.1) is 0 Å². The zero-order chi connectivity index (χ0) is 23.5. The third-order valence-electron chi connectivity index (χ3n) is 5.04. The number of carbonyl (C=O) groups is 1. The first kappa shape index (κ1) is 22.1. The largest absolute Gasteiger partial charge is 0.494 e. The molecule has 0 atom stereocenters. The molecule has 5 rings (SSSR count). The molecule has 170 valence electrons. The SMILES string of the molecule is CCOc1ccc(-n2c(SCC(=O)Nc3cccc4nsnc34)nc3ccccc3c2=O)cc1. The first-order chi connectivity index (χ1) is 16.6. The molecule has 0 unspecified atom stereocenters. The van der Waals surface area contributed by atoms with Crippen LogP contribution in [0.4, 0.5) is 5.69 Å². The molecule has 0 spiro atoms. The zero-order valence-corrected chi connectivity index (χ0v) is 19.7. The summed E-state index contributed by atoms with van der Waals surface area (Å²) in [5.41, 5.74) is 3.02. The van der Waals surface area contributed by atoms with Gasteiger partial charge < -0.3 is 10.1 Å². The topological polar surface area (TPSA) is 99.0 Å². The van der Waals surface area contributed by atoms with Crippen molar-refractivity contribution in [1.82, 2.24) is 18.3 Å². The molecule has 5 aromatic rings. The Kier molecular flexibility index (Phi) is 6.24. The molecule has 0 saturated heterocycles. The summed E-state index contributed by atoms with van der Waals surface area (Å²) >= 11 is 2.29. The number of amides is 1. The first-order valence-electron chi connectivity index (χ1n) is 10.5. The van der Waals surface area contributed by atoms with Gasteiger partial charge in [-0.3, -0.25) is 14.2 Å². The molecule has 1 N–H and O–H groups in total. The number of nitrogens with zero attached hydrogens (tertiary/aromatic N) is 4. The summed E-state index contributed by atoms with van der Waals surface area (Å²) < 4.78 is 15.5. The van der Waals surface area contributed by atoms with Crippen molar-refractivity contribution in [3.05, 3.63) is 77.1 Å². The summed E-state index contributed by atoms with van der Waals surface area (Å²) in [6.45, 7) is 2.47. The van der Waals surface area contributed by atoms with Crippen LogP contribution in [0.3, 0.4) is 0 Å². The van der Waals surface area contributed by atoms with Crippen molar-refractivity contribution in [2.75, 3.05) is 17.7 Å². The lowest BCUT2D eigenvalue weighted by Gasteiger charge is -2.14. The van der Waals surface area contributed by atoms with Crippen LogP contribution in [0.25, 0.3) is 27.6 Å². The van der Waals surface area contributed by atoms with Crippen LogP contribution >= 0.6 is 23.5 Å². The zero-order valence-electron chi connectivity index (χ0n) is 18.1. The molecule has 34 heavy (non-hydrogen) atoms. The van der Waals surface area contributed by atoms with E-state index in [9.17, 15) is 9.59 Å². The van der Waals surface area contributed by atoms with E-state index in [2.05, 4.69) is 19.0 Å². The van der Waals surface area contributed by atoms with E-state index in [0.717, 1.165) is 17.2 Å². The van der Waals surface area contributed by atoms with Crippen LogP contribution in [0, 0.1) is 0 Å². The normalized spacial score (nSPS) is 11.1. The van der Waals surface area contributed by atoms with Crippen molar-refractivity contribution in [1.29, 1.82) is 0 Å². The van der Waals surface area contributed by atoms with Gasteiger partial charge in [0.25, 0.3) is 5.56 Å². The maximum absolute atomic E-state index is 13.4. The molecule has 3 aromatic carbocycles. The Balaban J connectivity index is 1.46. The van der Waals surface area contributed by atoms with Crippen LogP contribution in [0.5, 0.6) is 5.75 Å². The molecule has 0 fully saturated rings. The highest BCUT2D eigenvalue weighted by Gasteiger charge is 2.16. The van der Waals surface area contributed by atoms with Crippen molar-refractivity contribution in [2.45, 2.75) is 12.1 Å². The Labute approximate surface area is 202 Å². The van der Waals surface area contributed by atoms with Crippen molar-refractivity contribution in [3.8, 4) is 11.4 Å². The summed E-state index contributed by atoms with van der Waals surface area (Å²) in [7, 11) is 0. The van der Waals surface area contributed by atoms with Crippen LogP contribution in [0.2, 0.25) is 0 Å². The summed E-state index contributed by atoms with van der Waals surface area (Å²) in [4.78, 5) is 30.8. The number of hydrogen-bond donors (Lipinski definition) is 1. The van der Waals surface area contributed by atoms with Gasteiger partial charge in [0.05, 0.1) is 46.4 Å². The van der Waals surface area contributed by atoms with Gasteiger partial charge in [-0.05, 0) is 55.5 Å². The number of ether oxygens (including phenoxy) is 1. The number of benzene rings is 3. The van der Waals surface area contributed by atoms with Crippen LogP contribution in [-0.4, -0.2) is 36.6 Å². The molecule has 0 aliphatic rings. The van der Waals surface area contributed by atoms with E-state index >= 15 is 0 Å². The van der Waals surface area contributed by atoms with Gasteiger partial charge in [-0.1, -0.05) is 30.0 Å². The molecule has 10 heteroatoms. The molecule has 0 aliphatic carbocycles. The maximum atomic E-state index is 13.4. The van der Waals surface area contributed by atoms with Gasteiger partial charge in [-0.25, -0.2) is 4.98 Å². The van der Waals surface area contributed by atoms with Crippen molar-refractivity contribution in [2.24, 2.45) is 0 Å². The minimum atomic E-state index is -0.230.